The number of benzene rings is 1. The maximum Gasteiger partial charge on any atom is 0.323 e. The zero-order valence-electron chi connectivity index (χ0n) is 11.0. The van der Waals surface area contributed by atoms with E-state index in [1.807, 2.05) is 19.9 Å². The van der Waals surface area contributed by atoms with Crippen molar-refractivity contribution in [3.05, 3.63) is 47.7 Å². The fraction of sp³-hybridized carbons (Fsp3) is 0.286. The van der Waals surface area contributed by atoms with Gasteiger partial charge in [0.15, 0.2) is 0 Å². The van der Waals surface area contributed by atoms with Crippen LogP contribution < -0.4 is 10.6 Å². The van der Waals surface area contributed by atoms with Gasteiger partial charge in [0.25, 0.3) is 5.91 Å². The lowest BCUT2D eigenvalue weighted by Crippen LogP contribution is -2.55. The summed E-state index contributed by atoms with van der Waals surface area (Å²) in [5, 5.41) is 5.55. The first kappa shape index (κ1) is 13.1. The summed E-state index contributed by atoms with van der Waals surface area (Å²) in [6.07, 6.45) is 1.30. The highest BCUT2D eigenvalue weighted by molar-refractivity contribution is 5.95. The van der Waals surface area contributed by atoms with Gasteiger partial charge < -0.3 is 15.5 Å². The standard InChI is InChI=1S/C14H17N3O2/c1-3-17-9-10(2)12(16-14(17)19)15-13(18)11-7-5-4-6-8-11/h4-9,12H,3H2,1-2H3,(H,15,18)(H,16,19). The molecule has 0 saturated heterocycles. The Labute approximate surface area is 112 Å². The average molecular weight is 259 g/mol. The van der Waals surface area contributed by atoms with E-state index in [-0.39, 0.29) is 11.9 Å². The molecule has 0 radical (unpaired) electrons. The maximum absolute atomic E-state index is 12.0. The summed E-state index contributed by atoms with van der Waals surface area (Å²) in [5.41, 5.74) is 1.47. The third-order valence-electron chi connectivity index (χ3n) is 3.00. The number of nitrogens with one attached hydrogen (secondary N) is 2. The van der Waals surface area contributed by atoms with Gasteiger partial charge in [-0.2, -0.15) is 0 Å². The van der Waals surface area contributed by atoms with Gasteiger partial charge in [-0.05, 0) is 31.6 Å². The molecule has 0 aliphatic carbocycles. The van der Waals surface area contributed by atoms with Crippen molar-refractivity contribution in [2.45, 2.75) is 20.0 Å². The number of hydrogen-bond donors (Lipinski definition) is 2. The number of amides is 3. The molecule has 100 valence electrons. The molecule has 0 bridgehead atoms. The fourth-order valence-electron chi connectivity index (χ4n) is 1.89. The second-order valence-corrected chi connectivity index (χ2v) is 4.38. The molecule has 1 aliphatic rings. The Balaban J connectivity index is 2.08. The smallest absolute Gasteiger partial charge is 0.323 e. The molecule has 1 unspecified atom stereocenters. The largest absolute Gasteiger partial charge is 0.328 e. The van der Waals surface area contributed by atoms with Crippen molar-refractivity contribution in [2.75, 3.05) is 6.54 Å². The van der Waals surface area contributed by atoms with Crippen LogP contribution >= 0.6 is 0 Å². The molecule has 1 aromatic rings. The number of nitrogens with zero attached hydrogens (tertiary/aromatic N) is 1. The summed E-state index contributed by atoms with van der Waals surface area (Å²) in [6.45, 7) is 4.37. The van der Waals surface area contributed by atoms with Crippen molar-refractivity contribution in [3.63, 3.8) is 0 Å². The van der Waals surface area contributed by atoms with Crippen LogP contribution in [0.25, 0.3) is 0 Å². The minimum atomic E-state index is -0.456. The van der Waals surface area contributed by atoms with Crippen LogP contribution in [0.2, 0.25) is 0 Å². The molecule has 19 heavy (non-hydrogen) atoms. The van der Waals surface area contributed by atoms with Gasteiger partial charge in [-0.1, -0.05) is 18.2 Å². The lowest BCUT2D eigenvalue weighted by atomic mass is 10.1. The minimum absolute atomic E-state index is 0.202. The Morgan fingerprint density at radius 3 is 2.68 bits per heavy atom. The first-order valence-electron chi connectivity index (χ1n) is 6.23. The first-order valence-corrected chi connectivity index (χ1v) is 6.23. The van der Waals surface area contributed by atoms with Crippen molar-refractivity contribution >= 4 is 11.9 Å². The second-order valence-electron chi connectivity index (χ2n) is 4.38. The highest BCUT2D eigenvalue weighted by Crippen LogP contribution is 2.10. The molecule has 2 rings (SSSR count). The lowest BCUT2D eigenvalue weighted by Gasteiger charge is -2.30. The Morgan fingerprint density at radius 2 is 2.05 bits per heavy atom. The molecule has 5 heteroatoms. The van der Waals surface area contributed by atoms with Gasteiger partial charge in [0, 0.05) is 18.3 Å². The molecule has 2 N–H and O–H groups in total. The third kappa shape index (κ3) is 2.93. The first-order chi connectivity index (χ1) is 9.11. The van der Waals surface area contributed by atoms with Crippen LogP contribution in [0.1, 0.15) is 24.2 Å². The molecular weight excluding hydrogens is 242 g/mol. The Morgan fingerprint density at radius 1 is 1.37 bits per heavy atom. The van der Waals surface area contributed by atoms with Crippen molar-refractivity contribution in [1.82, 2.24) is 15.5 Å². The number of rotatable bonds is 3. The van der Waals surface area contributed by atoms with E-state index in [0.29, 0.717) is 12.1 Å². The van der Waals surface area contributed by atoms with Crippen molar-refractivity contribution in [2.24, 2.45) is 0 Å². The van der Waals surface area contributed by atoms with Crippen molar-refractivity contribution in [1.29, 1.82) is 0 Å². The molecule has 0 saturated carbocycles. The number of hydrogen-bond acceptors (Lipinski definition) is 2. The molecule has 0 aromatic heterocycles. The Hall–Kier alpha value is -2.30. The van der Waals surface area contributed by atoms with Gasteiger partial charge in [0.05, 0.1) is 0 Å². The lowest BCUT2D eigenvalue weighted by molar-refractivity contribution is 0.0935. The number of urea groups is 1. The summed E-state index contributed by atoms with van der Waals surface area (Å²) in [5.74, 6) is -0.205. The average Bonchev–Trinajstić information content (AvgIpc) is 2.43. The molecule has 0 fully saturated rings. The SMILES string of the molecule is CCN1C=C(C)C(NC(=O)c2ccccc2)NC1=O. The van der Waals surface area contributed by atoms with Crippen LogP contribution in [-0.4, -0.2) is 29.5 Å². The monoisotopic (exact) mass is 259 g/mol. The van der Waals surface area contributed by atoms with Crippen molar-refractivity contribution < 1.29 is 9.59 Å². The van der Waals surface area contributed by atoms with E-state index in [2.05, 4.69) is 10.6 Å². The molecule has 1 heterocycles. The minimum Gasteiger partial charge on any atom is -0.328 e. The maximum atomic E-state index is 12.0. The third-order valence-corrected chi connectivity index (χ3v) is 3.00. The molecule has 1 aromatic carbocycles. The second kappa shape index (κ2) is 5.56. The van der Waals surface area contributed by atoms with E-state index in [1.165, 1.54) is 0 Å². The summed E-state index contributed by atoms with van der Waals surface area (Å²) < 4.78 is 0. The molecule has 1 atom stereocenters. The molecular formula is C14H17N3O2. The van der Waals surface area contributed by atoms with E-state index >= 15 is 0 Å². The summed E-state index contributed by atoms with van der Waals surface area (Å²) >= 11 is 0. The predicted octanol–water partition coefficient (Wildman–Crippen LogP) is 1.69. The van der Waals surface area contributed by atoms with Crippen LogP contribution in [0.15, 0.2) is 42.1 Å². The topological polar surface area (TPSA) is 61.4 Å². The predicted molar refractivity (Wildman–Crippen MR) is 72.4 cm³/mol. The van der Waals surface area contributed by atoms with E-state index in [9.17, 15) is 9.59 Å². The van der Waals surface area contributed by atoms with E-state index in [1.54, 1.807) is 35.4 Å². The van der Waals surface area contributed by atoms with Gasteiger partial charge in [-0.15, -0.1) is 0 Å². The molecule has 0 spiro atoms. The fourth-order valence-corrected chi connectivity index (χ4v) is 1.89. The summed E-state index contributed by atoms with van der Waals surface area (Å²) in [4.78, 5) is 25.3. The molecule has 5 nitrogen and oxygen atoms in total. The van der Waals surface area contributed by atoms with Crippen LogP contribution in [0.5, 0.6) is 0 Å². The zero-order valence-corrected chi connectivity index (χ0v) is 11.0. The highest BCUT2D eigenvalue weighted by atomic mass is 16.2. The van der Waals surface area contributed by atoms with Gasteiger partial charge in [0.1, 0.15) is 6.17 Å². The number of carbonyl (C=O) groups is 2. The van der Waals surface area contributed by atoms with Crippen LogP contribution in [0.3, 0.4) is 0 Å². The van der Waals surface area contributed by atoms with E-state index in [0.717, 1.165) is 5.57 Å². The van der Waals surface area contributed by atoms with Crippen LogP contribution in [0, 0.1) is 0 Å². The zero-order chi connectivity index (χ0) is 13.8. The molecule has 1 aliphatic heterocycles. The normalized spacial score (nSPS) is 18.6. The van der Waals surface area contributed by atoms with Gasteiger partial charge in [-0.25, -0.2) is 4.79 Å². The van der Waals surface area contributed by atoms with Gasteiger partial charge in [0.2, 0.25) is 0 Å². The van der Waals surface area contributed by atoms with Crippen LogP contribution in [0.4, 0.5) is 4.79 Å². The summed E-state index contributed by atoms with van der Waals surface area (Å²) in [7, 11) is 0. The van der Waals surface area contributed by atoms with Crippen LogP contribution in [-0.2, 0) is 0 Å². The van der Waals surface area contributed by atoms with Gasteiger partial charge >= 0.3 is 6.03 Å². The van der Waals surface area contributed by atoms with E-state index in [4.69, 9.17) is 0 Å². The quantitative estimate of drug-likeness (QED) is 0.867. The van der Waals surface area contributed by atoms with E-state index < -0.39 is 6.17 Å². The Bertz CT molecular complexity index is 511. The van der Waals surface area contributed by atoms with Gasteiger partial charge in [-0.3, -0.25) is 4.79 Å². The Kier molecular flexibility index (Phi) is 3.85. The highest BCUT2D eigenvalue weighted by Gasteiger charge is 2.24. The summed E-state index contributed by atoms with van der Waals surface area (Å²) in [6, 6.07) is 8.72. The molecule has 3 amide bonds. The van der Waals surface area contributed by atoms with Crippen molar-refractivity contribution in [3.8, 4) is 0 Å². The number of carbonyl (C=O) groups excluding carboxylic acids is 2.